The number of nitrogens with zero attached hydrogens (tertiary/aromatic N) is 3. The summed E-state index contributed by atoms with van der Waals surface area (Å²) in [5, 5.41) is 0. The van der Waals surface area contributed by atoms with Gasteiger partial charge in [-0.3, -0.25) is 14.4 Å². The van der Waals surface area contributed by atoms with Crippen molar-refractivity contribution in [1.82, 2.24) is 14.7 Å². The number of amides is 3. The predicted octanol–water partition coefficient (Wildman–Crippen LogP) is 4.66. The summed E-state index contributed by atoms with van der Waals surface area (Å²) >= 11 is 0. The van der Waals surface area contributed by atoms with Gasteiger partial charge in [0.05, 0.1) is 24.7 Å². The summed E-state index contributed by atoms with van der Waals surface area (Å²) in [4.78, 5) is 45.2. The van der Waals surface area contributed by atoms with Crippen LogP contribution in [0.1, 0.15) is 42.1 Å². The fourth-order valence-electron chi connectivity index (χ4n) is 5.54. The van der Waals surface area contributed by atoms with Crippen molar-refractivity contribution in [1.29, 1.82) is 0 Å². The molecule has 3 aromatic carbocycles. The van der Waals surface area contributed by atoms with Gasteiger partial charge in [-0.2, -0.15) is 13.2 Å². The zero-order valence-corrected chi connectivity index (χ0v) is 21.6. The van der Waals surface area contributed by atoms with Crippen LogP contribution in [-0.4, -0.2) is 57.1 Å². The maximum Gasteiger partial charge on any atom is 0.416 e. The molecule has 0 N–H and O–H groups in total. The molecule has 1 spiro atoms. The zero-order valence-electron chi connectivity index (χ0n) is 21.6. The Morgan fingerprint density at radius 1 is 0.897 bits per heavy atom. The lowest BCUT2D eigenvalue weighted by atomic mass is 9.80. The molecule has 39 heavy (non-hydrogen) atoms. The first kappa shape index (κ1) is 26.5. The van der Waals surface area contributed by atoms with E-state index in [1.807, 2.05) is 60.7 Å². The molecule has 2 heterocycles. The van der Waals surface area contributed by atoms with Crippen LogP contribution in [-0.2, 0) is 27.1 Å². The largest absolute Gasteiger partial charge is 0.416 e. The second kappa shape index (κ2) is 9.87. The molecule has 9 heteroatoms. The molecule has 0 aliphatic carbocycles. The Balaban J connectivity index is 1.55. The molecule has 0 radical (unpaired) electrons. The molecular weight excluding hydrogens is 507 g/mol. The van der Waals surface area contributed by atoms with E-state index >= 15 is 0 Å². The van der Waals surface area contributed by atoms with Crippen molar-refractivity contribution in [3.05, 3.63) is 107 Å². The van der Waals surface area contributed by atoms with Gasteiger partial charge in [-0.05, 0) is 35.7 Å². The van der Waals surface area contributed by atoms with Crippen molar-refractivity contribution in [2.75, 3.05) is 13.1 Å². The molecule has 2 saturated heterocycles. The molecule has 1 atom stereocenters. The minimum absolute atomic E-state index is 0.0209. The number of likely N-dealkylation sites (tertiary alicyclic amines) is 1. The first-order chi connectivity index (χ1) is 18.5. The number of benzene rings is 3. The van der Waals surface area contributed by atoms with Crippen molar-refractivity contribution in [2.24, 2.45) is 0 Å². The molecule has 0 aromatic heterocycles. The molecule has 6 nitrogen and oxygen atoms in total. The van der Waals surface area contributed by atoms with E-state index in [1.54, 1.807) is 11.8 Å². The summed E-state index contributed by atoms with van der Waals surface area (Å²) in [5.74, 6) is -0.838. The number of halogens is 3. The number of piperazine rings is 1. The predicted molar refractivity (Wildman–Crippen MR) is 138 cm³/mol. The number of carbonyl (C=O) groups is 3. The molecule has 0 saturated carbocycles. The average Bonchev–Trinajstić information content (AvgIpc) is 2.89. The van der Waals surface area contributed by atoms with Crippen LogP contribution in [0.15, 0.2) is 84.9 Å². The van der Waals surface area contributed by atoms with E-state index in [9.17, 15) is 27.6 Å². The second-order valence-corrected chi connectivity index (χ2v) is 10.1. The molecule has 202 valence electrons. The van der Waals surface area contributed by atoms with E-state index in [1.165, 1.54) is 28.9 Å². The number of hydrogen-bond acceptors (Lipinski definition) is 3. The van der Waals surface area contributed by atoms with Gasteiger partial charge in [0.1, 0.15) is 6.04 Å². The summed E-state index contributed by atoms with van der Waals surface area (Å²) in [7, 11) is 0. The molecule has 3 aromatic rings. The molecule has 1 unspecified atom stereocenters. The van der Waals surface area contributed by atoms with E-state index < -0.39 is 29.4 Å². The monoisotopic (exact) mass is 535 g/mol. The fourth-order valence-corrected chi connectivity index (χ4v) is 5.54. The topological polar surface area (TPSA) is 60.9 Å². The zero-order chi connectivity index (χ0) is 27.9. The fraction of sp³-hybridized carbons (Fsp3) is 0.300. The SMILES string of the molecule is CC(=O)N1CC2(C1)C(=O)N(C(c1ccccc1)c1ccccc1)C(C)C(=O)N2Cc1ccc(C(F)(F)F)cc1. The lowest BCUT2D eigenvalue weighted by Crippen LogP contribution is -2.82. The van der Waals surface area contributed by atoms with Gasteiger partial charge in [0.2, 0.25) is 11.8 Å². The quantitative estimate of drug-likeness (QED) is 0.478. The maximum atomic E-state index is 14.5. The summed E-state index contributed by atoms with van der Waals surface area (Å²) in [6, 6.07) is 22.1. The second-order valence-electron chi connectivity index (χ2n) is 10.1. The minimum atomic E-state index is -4.48. The highest BCUT2D eigenvalue weighted by molar-refractivity contribution is 6.02. The van der Waals surface area contributed by atoms with Gasteiger partial charge < -0.3 is 14.7 Å². The van der Waals surface area contributed by atoms with Crippen LogP contribution in [0, 0.1) is 0 Å². The molecule has 2 aliphatic rings. The van der Waals surface area contributed by atoms with Gasteiger partial charge in [0.15, 0.2) is 5.54 Å². The van der Waals surface area contributed by atoms with E-state index in [0.29, 0.717) is 5.56 Å². The van der Waals surface area contributed by atoms with Crippen molar-refractivity contribution in [3.8, 4) is 0 Å². The standard InChI is InChI=1S/C30H28F3N3O3/c1-20-27(38)35(17-22-13-15-25(16-14-22)30(31,32)33)29(18-34(19-29)21(2)37)28(39)36(20)26(23-9-5-3-6-10-23)24-11-7-4-8-12-24/h3-16,20,26H,17-19H2,1-2H3. The molecule has 5 rings (SSSR count). The highest BCUT2D eigenvalue weighted by Gasteiger charge is 2.63. The molecule has 3 amide bonds. The average molecular weight is 536 g/mol. The van der Waals surface area contributed by atoms with Crippen molar-refractivity contribution in [2.45, 2.75) is 44.2 Å². The Kier molecular flexibility index (Phi) is 6.70. The first-order valence-electron chi connectivity index (χ1n) is 12.7. The van der Waals surface area contributed by atoms with Crippen LogP contribution < -0.4 is 0 Å². The maximum absolute atomic E-state index is 14.5. The van der Waals surface area contributed by atoms with Crippen LogP contribution in [0.25, 0.3) is 0 Å². The van der Waals surface area contributed by atoms with Gasteiger partial charge >= 0.3 is 6.18 Å². The van der Waals surface area contributed by atoms with E-state index in [-0.39, 0.29) is 37.4 Å². The van der Waals surface area contributed by atoms with Crippen LogP contribution >= 0.6 is 0 Å². The van der Waals surface area contributed by atoms with Gasteiger partial charge in [-0.25, -0.2) is 0 Å². The van der Waals surface area contributed by atoms with E-state index in [2.05, 4.69) is 0 Å². The number of hydrogen-bond donors (Lipinski definition) is 0. The Bertz CT molecular complexity index is 1330. The number of rotatable bonds is 5. The molecule has 0 bridgehead atoms. The lowest BCUT2D eigenvalue weighted by Gasteiger charge is -2.60. The van der Waals surface area contributed by atoms with Crippen molar-refractivity contribution >= 4 is 17.7 Å². The van der Waals surface area contributed by atoms with E-state index in [0.717, 1.165) is 23.3 Å². The smallest absolute Gasteiger partial charge is 0.337 e. The van der Waals surface area contributed by atoms with Crippen LogP contribution in [0.3, 0.4) is 0 Å². The summed E-state index contributed by atoms with van der Waals surface area (Å²) in [6.45, 7) is 3.07. The Morgan fingerprint density at radius 3 is 1.87 bits per heavy atom. The molecule has 2 fully saturated rings. The van der Waals surface area contributed by atoms with Crippen LogP contribution in [0.4, 0.5) is 13.2 Å². The third-order valence-corrected chi connectivity index (χ3v) is 7.67. The lowest BCUT2D eigenvalue weighted by molar-refractivity contribution is -0.188. The van der Waals surface area contributed by atoms with Gasteiger partial charge in [0, 0.05) is 13.5 Å². The van der Waals surface area contributed by atoms with Gasteiger partial charge in [-0.15, -0.1) is 0 Å². The highest BCUT2D eigenvalue weighted by atomic mass is 19.4. The number of carbonyl (C=O) groups excluding carboxylic acids is 3. The third kappa shape index (κ3) is 4.66. The Morgan fingerprint density at radius 2 is 1.41 bits per heavy atom. The van der Waals surface area contributed by atoms with Crippen LogP contribution in [0.2, 0.25) is 0 Å². The first-order valence-corrected chi connectivity index (χ1v) is 12.7. The molecule has 2 aliphatic heterocycles. The highest BCUT2D eigenvalue weighted by Crippen LogP contribution is 2.42. The van der Waals surface area contributed by atoms with Crippen molar-refractivity contribution < 1.29 is 27.6 Å². The Labute approximate surface area is 224 Å². The van der Waals surface area contributed by atoms with Crippen LogP contribution in [0.5, 0.6) is 0 Å². The summed E-state index contributed by atoms with van der Waals surface area (Å²) in [6.07, 6.45) is -4.48. The minimum Gasteiger partial charge on any atom is -0.337 e. The Hall–Kier alpha value is -4.14. The van der Waals surface area contributed by atoms with E-state index in [4.69, 9.17) is 0 Å². The third-order valence-electron chi connectivity index (χ3n) is 7.67. The summed E-state index contributed by atoms with van der Waals surface area (Å²) < 4.78 is 39.3. The summed E-state index contributed by atoms with van der Waals surface area (Å²) in [5.41, 5.74) is 0.0333. The molecular formula is C30H28F3N3O3. The number of alkyl halides is 3. The normalized spacial score (nSPS) is 19.0. The van der Waals surface area contributed by atoms with Gasteiger partial charge in [0.25, 0.3) is 5.91 Å². The van der Waals surface area contributed by atoms with Gasteiger partial charge in [-0.1, -0.05) is 72.8 Å². The van der Waals surface area contributed by atoms with Crippen molar-refractivity contribution in [3.63, 3.8) is 0 Å².